The first kappa shape index (κ1) is 8.27. The second-order valence-corrected chi connectivity index (χ2v) is 1.78. The van der Waals surface area contributed by atoms with Gasteiger partial charge in [-0.05, 0) is 6.92 Å². The van der Waals surface area contributed by atoms with Crippen LogP contribution in [0.2, 0.25) is 0 Å². The van der Waals surface area contributed by atoms with Crippen LogP contribution in [0.5, 0.6) is 0 Å². The summed E-state index contributed by atoms with van der Waals surface area (Å²) in [6, 6.07) is 0. The van der Waals surface area contributed by atoms with Gasteiger partial charge in [0.25, 0.3) is 0 Å². The lowest BCUT2D eigenvalue weighted by Gasteiger charge is -2.03. The molecule has 1 atom stereocenters. The fraction of sp³-hybridized carbons (Fsp3) is 1.00. The average molecular weight is 140 g/mol. The van der Waals surface area contributed by atoms with Crippen molar-refractivity contribution < 1.29 is 19.0 Å². The molecule has 0 aromatic carbocycles. The standard InChI is InChI=1S/C3H9O4P/c1-3-6-8(4)7-5-2/h4H,3H2,1-2H3. The van der Waals surface area contributed by atoms with Crippen LogP contribution in [0.25, 0.3) is 0 Å². The maximum absolute atomic E-state index is 8.54. The van der Waals surface area contributed by atoms with Crippen molar-refractivity contribution in [3.05, 3.63) is 0 Å². The van der Waals surface area contributed by atoms with Gasteiger partial charge in [-0.3, -0.25) is 0 Å². The lowest BCUT2D eigenvalue weighted by molar-refractivity contribution is -0.187. The first-order chi connectivity index (χ1) is 3.81. The largest absolute Gasteiger partial charge is 0.360 e. The molecule has 8 heavy (non-hydrogen) atoms. The van der Waals surface area contributed by atoms with Crippen LogP contribution in [-0.2, 0) is 14.1 Å². The maximum Gasteiger partial charge on any atom is 0.360 e. The Hall–Kier alpha value is 0.270. The van der Waals surface area contributed by atoms with Gasteiger partial charge in [0.05, 0.1) is 13.7 Å². The summed E-state index contributed by atoms with van der Waals surface area (Å²) < 4.78 is 8.74. The van der Waals surface area contributed by atoms with Crippen LogP contribution >= 0.6 is 8.60 Å². The Morgan fingerprint density at radius 2 is 2.25 bits per heavy atom. The first-order valence-electron chi connectivity index (χ1n) is 2.14. The van der Waals surface area contributed by atoms with Crippen LogP contribution in [0.4, 0.5) is 0 Å². The fourth-order valence-corrected chi connectivity index (χ4v) is 0.587. The zero-order chi connectivity index (χ0) is 6.41. The third-order valence-corrected chi connectivity index (χ3v) is 1.13. The molecule has 0 radical (unpaired) electrons. The smallest absolute Gasteiger partial charge is 0.326 e. The molecule has 0 aliphatic carbocycles. The van der Waals surface area contributed by atoms with Gasteiger partial charge in [-0.1, -0.05) is 0 Å². The van der Waals surface area contributed by atoms with Crippen LogP contribution < -0.4 is 0 Å². The van der Waals surface area contributed by atoms with E-state index >= 15 is 0 Å². The lowest BCUT2D eigenvalue weighted by atomic mass is 10.9. The zero-order valence-electron chi connectivity index (χ0n) is 4.83. The minimum Gasteiger partial charge on any atom is -0.326 e. The highest BCUT2D eigenvalue weighted by atomic mass is 31.2. The van der Waals surface area contributed by atoms with E-state index in [-0.39, 0.29) is 0 Å². The Labute approximate surface area is 49.3 Å². The fourth-order valence-electron chi connectivity index (χ4n) is 0.196. The van der Waals surface area contributed by atoms with E-state index in [2.05, 4.69) is 14.1 Å². The van der Waals surface area contributed by atoms with E-state index in [0.717, 1.165) is 0 Å². The number of hydrogen-bond acceptors (Lipinski definition) is 4. The van der Waals surface area contributed by atoms with E-state index in [1.807, 2.05) is 0 Å². The molecule has 0 saturated carbocycles. The maximum atomic E-state index is 8.54. The van der Waals surface area contributed by atoms with Gasteiger partial charge in [-0.25, -0.2) is 4.89 Å². The Morgan fingerprint density at radius 3 is 2.62 bits per heavy atom. The molecule has 0 rings (SSSR count). The molecule has 0 spiro atoms. The van der Waals surface area contributed by atoms with Crippen LogP contribution in [-0.4, -0.2) is 18.6 Å². The molecule has 4 nitrogen and oxygen atoms in total. The van der Waals surface area contributed by atoms with Gasteiger partial charge in [0.2, 0.25) is 0 Å². The van der Waals surface area contributed by atoms with E-state index in [4.69, 9.17) is 4.89 Å². The highest BCUT2D eigenvalue weighted by Crippen LogP contribution is 2.31. The summed E-state index contributed by atoms with van der Waals surface area (Å²) in [6.45, 7) is 2.18. The van der Waals surface area contributed by atoms with E-state index in [1.54, 1.807) is 6.92 Å². The molecule has 0 aliphatic heterocycles. The Bertz CT molecular complexity index is 44.5. The molecule has 0 amide bonds. The van der Waals surface area contributed by atoms with Crippen molar-refractivity contribution in [3.8, 4) is 0 Å². The van der Waals surface area contributed by atoms with Gasteiger partial charge in [-0.15, -0.1) is 0 Å². The summed E-state index contributed by atoms with van der Waals surface area (Å²) in [4.78, 5) is 12.7. The second-order valence-electron chi connectivity index (χ2n) is 0.897. The zero-order valence-corrected chi connectivity index (χ0v) is 5.72. The Balaban J connectivity index is 2.92. The van der Waals surface area contributed by atoms with Crippen molar-refractivity contribution in [1.29, 1.82) is 0 Å². The van der Waals surface area contributed by atoms with Crippen LogP contribution in [0, 0.1) is 0 Å². The minimum absolute atomic E-state index is 0.422. The van der Waals surface area contributed by atoms with E-state index in [9.17, 15) is 0 Å². The van der Waals surface area contributed by atoms with Gasteiger partial charge in [0.15, 0.2) is 0 Å². The molecular formula is C3H9O4P. The number of hydrogen-bond donors (Lipinski definition) is 1. The topological polar surface area (TPSA) is 47.9 Å². The van der Waals surface area contributed by atoms with Gasteiger partial charge in [0, 0.05) is 0 Å². The summed E-state index contributed by atoms with van der Waals surface area (Å²) in [5, 5.41) is 0. The molecule has 0 aromatic rings. The van der Waals surface area contributed by atoms with Crippen LogP contribution in [0.3, 0.4) is 0 Å². The molecule has 0 heterocycles. The SMILES string of the molecule is CCOP(O)OOC. The normalized spacial score (nSPS) is 13.9. The summed E-state index contributed by atoms with van der Waals surface area (Å²) in [6.07, 6.45) is 0. The minimum atomic E-state index is -1.80. The molecule has 0 aliphatic rings. The van der Waals surface area contributed by atoms with Gasteiger partial charge >= 0.3 is 8.60 Å². The predicted octanol–water partition coefficient (Wildman–Crippen LogP) is 0.820. The van der Waals surface area contributed by atoms with E-state index in [1.165, 1.54) is 7.11 Å². The monoisotopic (exact) mass is 140 g/mol. The second kappa shape index (κ2) is 5.41. The molecule has 0 saturated heterocycles. The molecule has 1 N–H and O–H groups in total. The van der Waals surface area contributed by atoms with Crippen molar-refractivity contribution in [2.24, 2.45) is 0 Å². The van der Waals surface area contributed by atoms with Crippen molar-refractivity contribution >= 4 is 8.60 Å². The third-order valence-electron chi connectivity index (χ3n) is 0.378. The van der Waals surface area contributed by atoms with Gasteiger partial charge in [0.1, 0.15) is 0 Å². The average Bonchev–Trinajstić information content (AvgIpc) is 1.68. The number of rotatable bonds is 4. The molecule has 50 valence electrons. The van der Waals surface area contributed by atoms with E-state index < -0.39 is 8.60 Å². The van der Waals surface area contributed by atoms with Crippen molar-refractivity contribution in [2.45, 2.75) is 6.92 Å². The summed E-state index contributed by atoms with van der Waals surface area (Å²) in [7, 11) is -0.493. The van der Waals surface area contributed by atoms with Gasteiger partial charge in [-0.2, -0.15) is 4.67 Å². The lowest BCUT2D eigenvalue weighted by Crippen LogP contribution is -1.87. The molecule has 0 bridgehead atoms. The van der Waals surface area contributed by atoms with Crippen molar-refractivity contribution in [2.75, 3.05) is 13.7 Å². The summed E-state index contributed by atoms with van der Waals surface area (Å²) >= 11 is 0. The predicted molar refractivity (Wildman–Crippen MR) is 28.9 cm³/mol. The Kier molecular flexibility index (Phi) is 5.59. The van der Waals surface area contributed by atoms with Crippen LogP contribution in [0.15, 0.2) is 0 Å². The highest BCUT2D eigenvalue weighted by Gasteiger charge is 2.02. The quantitative estimate of drug-likeness (QED) is 0.356. The van der Waals surface area contributed by atoms with Crippen molar-refractivity contribution in [3.63, 3.8) is 0 Å². The molecule has 1 unspecified atom stereocenters. The molecule has 5 heteroatoms. The molecule has 0 fully saturated rings. The van der Waals surface area contributed by atoms with E-state index in [0.29, 0.717) is 6.61 Å². The highest BCUT2D eigenvalue weighted by molar-refractivity contribution is 7.40. The van der Waals surface area contributed by atoms with Crippen molar-refractivity contribution in [1.82, 2.24) is 0 Å². The molecule has 0 aromatic heterocycles. The summed E-state index contributed by atoms with van der Waals surface area (Å²) in [5.41, 5.74) is 0. The van der Waals surface area contributed by atoms with Crippen LogP contribution in [0.1, 0.15) is 6.92 Å². The Morgan fingerprint density at radius 1 is 1.62 bits per heavy atom. The first-order valence-corrected chi connectivity index (χ1v) is 3.27. The molecular weight excluding hydrogens is 131 g/mol. The van der Waals surface area contributed by atoms with Gasteiger partial charge < -0.3 is 9.42 Å². The summed E-state index contributed by atoms with van der Waals surface area (Å²) in [5.74, 6) is 0. The third kappa shape index (κ3) is 4.43.